The van der Waals surface area contributed by atoms with Crippen molar-refractivity contribution in [3.63, 3.8) is 0 Å². The van der Waals surface area contributed by atoms with Crippen LogP contribution < -0.4 is 15.2 Å². The maximum atomic E-state index is 6.13. The molecule has 0 amide bonds. The van der Waals surface area contributed by atoms with Crippen LogP contribution in [0, 0.1) is 0 Å². The summed E-state index contributed by atoms with van der Waals surface area (Å²) in [6.07, 6.45) is 1.67. The topological polar surface area (TPSA) is 57.4 Å². The van der Waals surface area contributed by atoms with Gasteiger partial charge in [-0.05, 0) is 41.8 Å². The normalized spacial score (nSPS) is 10.6. The van der Waals surface area contributed by atoms with Crippen molar-refractivity contribution in [3.8, 4) is 17.4 Å². The van der Waals surface area contributed by atoms with Crippen LogP contribution in [-0.4, -0.2) is 12.1 Å². The first-order valence-corrected chi connectivity index (χ1v) is 6.71. The molecule has 3 aromatic rings. The third kappa shape index (κ3) is 2.58. The molecule has 4 nitrogen and oxygen atoms in total. The highest BCUT2D eigenvalue weighted by molar-refractivity contribution is 6.32. The number of methoxy groups -OCH3 is 1. The number of halogens is 1. The number of rotatable bonds is 3. The molecule has 106 valence electrons. The van der Waals surface area contributed by atoms with Gasteiger partial charge in [0.1, 0.15) is 5.75 Å². The number of benzene rings is 2. The summed E-state index contributed by atoms with van der Waals surface area (Å²) in [5, 5.41) is 2.27. The van der Waals surface area contributed by atoms with E-state index in [9.17, 15) is 0 Å². The Bertz CT molecular complexity index is 785. The molecular formula is C16H13ClN2O2. The summed E-state index contributed by atoms with van der Waals surface area (Å²) < 4.78 is 11.0. The van der Waals surface area contributed by atoms with Crippen LogP contribution in [0.2, 0.25) is 5.02 Å². The Morgan fingerprint density at radius 1 is 1.14 bits per heavy atom. The summed E-state index contributed by atoms with van der Waals surface area (Å²) in [5.41, 5.74) is 6.37. The van der Waals surface area contributed by atoms with E-state index in [4.69, 9.17) is 26.8 Å². The van der Waals surface area contributed by atoms with Gasteiger partial charge >= 0.3 is 0 Å². The first-order chi connectivity index (χ1) is 10.2. The molecule has 2 N–H and O–H groups in total. The van der Waals surface area contributed by atoms with Gasteiger partial charge in [0.15, 0.2) is 5.75 Å². The predicted octanol–water partition coefficient (Wildman–Crippen LogP) is 4.27. The fourth-order valence-corrected chi connectivity index (χ4v) is 2.29. The lowest BCUT2D eigenvalue weighted by molar-refractivity contribution is 0.415. The van der Waals surface area contributed by atoms with E-state index in [0.717, 1.165) is 16.5 Å². The number of pyridine rings is 1. The van der Waals surface area contributed by atoms with E-state index in [2.05, 4.69) is 4.98 Å². The van der Waals surface area contributed by atoms with Gasteiger partial charge in [-0.25, -0.2) is 4.98 Å². The molecule has 5 heteroatoms. The standard InChI is InChI=1S/C16H13ClN2O2/c1-20-11-5-6-12-10(9-11)7-8-19-16(12)21-15-13(17)3-2-4-14(15)18/h2-9H,18H2,1H3. The molecule has 0 aliphatic carbocycles. The largest absolute Gasteiger partial charge is 0.497 e. The van der Waals surface area contributed by atoms with Crippen molar-refractivity contribution in [2.24, 2.45) is 0 Å². The summed E-state index contributed by atoms with van der Waals surface area (Å²) in [5.74, 6) is 1.64. The third-order valence-corrected chi connectivity index (χ3v) is 3.43. The maximum absolute atomic E-state index is 6.13. The number of para-hydroxylation sites is 1. The number of anilines is 1. The minimum Gasteiger partial charge on any atom is -0.497 e. The molecule has 1 aromatic heterocycles. The van der Waals surface area contributed by atoms with Gasteiger partial charge in [0.2, 0.25) is 5.88 Å². The van der Waals surface area contributed by atoms with Crippen molar-refractivity contribution < 1.29 is 9.47 Å². The van der Waals surface area contributed by atoms with E-state index in [-0.39, 0.29) is 0 Å². The molecule has 0 aliphatic rings. The van der Waals surface area contributed by atoms with Crippen LogP contribution >= 0.6 is 11.6 Å². The van der Waals surface area contributed by atoms with Crippen molar-refractivity contribution in [1.82, 2.24) is 4.98 Å². The SMILES string of the molecule is COc1ccc2c(Oc3c(N)cccc3Cl)nccc2c1. The Labute approximate surface area is 127 Å². The summed E-state index contributed by atoms with van der Waals surface area (Å²) in [6.45, 7) is 0. The van der Waals surface area contributed by atoms with Gasteiger partial charge in [0, 0.05) is 11.6 Å². The highest BCUT2D eigenvalue weighted by Gasteiger charge is 2.11. The number of nitrogen functional groups attached to an aromatic ring is 1. The molecule has 0 spiro atoms. The molecule has 0 radical (unpaired) electrons. The maximum Gasteiger partial charge on any atom is 0.227 e. The van der Waals surface area contributed by atoms with Crippen molar-refractivity contribution in [1.29, 1.82) is 0 Å². The first-order valence-electron chi connectivity index (χ1n) is 6.33. The van der Waals surface area contributed by atoms with E-state index in [1.54, 1.807) is 31.5 Å². The van der Waals surface area contributed by atoms with Gasteiger partial charge in [-0.3, -0.25) is 0 Å². The first kappa shape index (κ1) is 13.5. The zero-order valence-corrected chi connectivity index (χ0v) is 12.1. The van der Waals surface area contributed by atoms with Gasteiger partial charge in [0.05, 0.1) is 17.8 Å². The zero-order chi connectivity index (χ0) is 14.8. The van der Waals surface area contributed by atoms with E-state index >= 15 is 0 Å². The van der Waals surface area contributed by atoms with Gasteiger partial charge in [0.25, 0.3) is 0 Å². The lowest BCUT2D eigenvalue weighted by Crippen LogP contribution is -1.95. The zero-order valence-electron chi connectivity index (χ0n) is 11.3. The van der Waals surface area contributed by atoms with Crippen molar-refractivity contribution in [2.45, 2.75) is 0 Å². The van der Waals surface area contributed by atoms with Crippen LogP contribution in [0.15, 0.2) is 48.7 Å². The summed E-state index contributed by atoms with van der Waals surface area (Å²) in [7, 11) is 1.63. The van der Waals surface area contributed by atoms with Crippen LogP contribution in [0.1, 0.15) is 0 Å². The molecular weight excluding hydrogens is 288 g/mol. The molecule has 0 fully saturated rings. The van der Waals surface area contributed by atoms with Crippen LogP contribution in [0.3, 0.4) is 0 Å². The van der Waals surface area contributed by atoms with E-state index in [0.29, 0.717) is 22.3 Å². The number of hydrogen-bond donors (Lipinski definition) is 1. The van der Waals surface area contributed by atoms with E-state index < -0.39 is 0 Å². The van der Waals surface area contributed by atoms with Gasteiger partial charge in [-0.1, -0.05) is 17.7 Å². The summed E-state index contributed by atoms with van der Waals surface area (Å²) >= 11 is 6.13. The van der Waals surface area contributed by atoms with Crippen molar-refractivity contribution in [3.05, 3.63) is 53.7 Å². The Balaban J connectivity index is 2.09. The lowest BCUT2D eigenvalue weighted by atomic mass is 10.1. The molecule has 21 heavy (non-hydrogen) atoms. The van der Waals surface area contributed by atoms with Gasteiger partial charge < -0.3 is 15.2 Å². The molecule has 0 atom stereocenters. The lowest BCUT2D eigenvalue weighted by Gasteiger charge is -2.11. The predicted molar refractivity (Wildman–Crippen MR) is 84.2 cm³/mol. The average Bonchev–Trinajstić information content (AvgIpc) is 2.50. The molecule has 0 bridgehead atoms. The van der Waals surface area contributed by atoms with Crippen LogP contribution in [0.4, 0.5) is 5.69 Å². The molecule has 3 rings (SSSR count). The Morgan fingerprint density at radius 3 is 2.76 bits per heavy atom. The quantitative estimate of drug-likeness (QED) is 0.734. The van der Waals surface area contributed by atoms with Crippen LogP contribution in [0.25, 0.3) is 10.8 Å². The van der Waals surface area contributed by atoms with E-state index in [1.807, 2.05) is 24.3 Å². The van der Waals surface area contributed by atoms with Gasteiger partial charge in [-0.15, -0.1) is 0 Å². The molecule has 0 unspecified atom stereocenters. The van der Waals surface area contributed by atoms with Crippen molar-refractivity contribution in [2.75, 3.05) is 12.8 Å². The van der Waals surface area contributed by atoms with Crippen molar-refractivity contribution >= 4 is 28.1 Å². The molecule has 0 aliphatic heterocycles. The smallest absolute Gasteiger partial charge is 0.227 e. The number of hydrogen-bond acceptors (Lipinski definition) is 4. The monoisotopic (exact) mass is 300 g/mol. The second-order valence-electron chi connectivity index (χ2n) is 4.46. The van der Waals surface area contributed by atoms with Gasteiger partial charge in [-0.2, -0.15) is 0 Å². The van der Waals surface area contributed by atoms with Crippen LogP contribution in [-0.2, 0) is 0 Å². The number of nitrogens with two attached hydrogens (primary N) is 1. The fourth-order valence-electron chi connectivity index (χ4n) is 2.07. The van der Waals surface area contributed by atoms with E-state index in [1.165, 1.54) is 0 Å². The summed E-state index contributed by atoms with van der Waals surface area (Å²) in [6, 6.07) is 12.8. The highest BCUT2D eigenvalue weighted by Crippen LogP contribution is 2.36. The Hall–Kier alpha value is -2.46. The highest BCUT2D eigenvalue weighted by atomic mass is 35.5. The Morgan fingerprint density at radius 2 is 2.00 bits per heavy atom. The second kappa shape index (κ2) is 5.50. The second-order valence-corrected chi connectivity index (χ2v) is 4.87. The minimum absolute atomic E-state index is 0.412. The number of ether oxygens (including phenoxy) is 2. The molecule has 1 heterocycles. The number of aromatic nitrogens is 1. The molecule has 2 aromatic carbocycles. The number of nitrogens with zero attached hydrogens (tertiary/aromatic N) is 1. The fraction of sp³-hybridized carbons (Fsp3) is 0.0625. The average molecular weight is 301 g/mol. The summed E-state index contributed by atoms with van der Waals surface area (Å²) in [4.78, 5) is 4.26. The Kier molecular flexibility index (Phi) is 3.54. The molecule has 0 saturated heterocycles. The number of fused-ring (bicyclic) bond motifs is 1. The minimum atomic E-state index is 0.412. The molecule has 0 saturated carbocycles. The van der Waals surface area contributed by atoms with Crippen LogP contribution in [0.5, 0.6) is 17.4 Å². The third-order valence-electron chi connectivity index (χ3n) is 3.13.